The maximum Gasteiger partial charge on any atom is 0.324 e. The van der Waals surface area contributed by atoms with Gasteiger partial charge >= 0.3 is 12.0 Å². The van der Waals surface area contributed by atoms with E-state index in [2.05, 4.69) is 20.1 Å². The first-order valence-electron chi connectivity index (χ1n) is 5.55. The summed E-state index contributed by atoms with van der Waals surface area (Å²) in [5, 5.41) is 11.9. The summed E-state index contributed by atoms with van der Waals surface area (Å²) in [4.78, 5) is 14.3. The largest absolute Gasteiger partial charge is 0.467 e. The van der Waals surface area contributed by atoms with E-state index in [9.17, 15) is 0 Å². The number of rotatable bonds is 3. The zero-order valence-corrected chi connectivity index (χ0v) is 10.3. The Morgan fingerprint density at radius 1 is 1.06 bits per heavy atom. The molecule has 1 aliphatic rings. The third-order valence-electron chi connectivity index (χ3n) is 2.71. The lowest BCUT2D eigenvalue weighted by molar-refractivity contribution is 0.315. The van der Waals surface area contributed by atoms with Crippen LogP contribution in [0.4, 0.5) is 5.95 Å². The molecule has 0 saturated carbocycles. The van der Waals surface area contributed by atoms with Crippen LogP contribution in [0.15, 0.2) is 5.16 Å². The molecule has 0 aromatic carbocycles. The van der Waals surface area contributed by atoms with Crippen LogP contribution in [-0.2, 0) is 0 Å². The quantitative estimate of drug-likeness (QED) is 0.612. The summed E-state index contributed by atoms with van der Waals surface area (Å²) in [7, 11) is 2.98. The summed E-state index contributed by atoms with van der Waals surface area (Å²) >= 11 is 0. The van der Waals surface area contributed by atoms with Crippen LogP contribution < -0.4 is 14.4 Å². The molecule has 1 aliphatic heterocycles. The predicted molar refractivity (Wildman–Crippen MR) is 63.6 cm³/mol. The second-order valence-corrected chi connectivity index (χ2v) is 3.76. The molecule has 1 fully saturated rings. The minimum Gasteiger partial charge on any atom is -0.467 e. The van der Waals surface area contributed by atoms with E-state index in [1.807, 2.05) is 4.90 Å². The van der Waals surface area contributed by atoms with Gasteiger partial charge in [-0.15, -0.1) is 4.98 Å². The molecule has 1 saturated heterocycles. The van der Waals surface area contributed by atoms with Crippen LogP contribution >= 0.6 is 0 Å². The maximum atomic E-state index is 8.70. The average molecular weight is 253 g/mol. The molecule has 0 amide bonds. The normalized spacial score (nSPS) is 15.4. The smallest absolute Gasteiger partial charge is 0.324 e. The number of methoxy groups -OCH3 is 2. The number of aromatic nitrogens is 3. The highest BCUT2D eigenvalue weighted by atomic mass is 16.5. The number of ether oxygens (including phenoxy) is 2. The van der Waals surface area contributed by atoms with Crippen LogP contribution in [0, 0.1) is 0 Å². The van der Waals surface area contributed by atoms with Crippen molar-refractivity contribution in [2.24, 2.45) is 5.16 Å². The van der Waals surface area contributed by atoms with Crippen molar-refractivity contribution in [3.8, 4) is 12.0 Å². The summed E-state index contributed by atoms with van der Waals surface area (Å²) in [6.45, 7) is 1.38. The van der Waals surface area contributed by atoms with Gasteiger partial charge in [-0.1, -0.05) is 5.16 Å². The topological polar surface area (TPSA) is 93.0 Å². The molecule has 0 radical (unpaired) electrons. The average Bonchev–Trinajstić information content (AvgIpc) is 2.46. The van der Waals surface area contributed by atoms with Gasteiger partial charge in [0.15, 0.2) is 0 Å². The Bertz CT molecular complexity index is 419. The van der Waals surface area contributed by atoms with Gasteiger partial charge in [0.05, 0.1) is 19.9 Å². The molecule has 1 aromatic heterocycles. The molecule has 0 unspecified atom stereocenters. The van der Waals surface area contributed by atoms with Crippen molar-refractivity contribution >= 4 is 11.7 Å². The molecule has 0 aliphatic carbocycles. The number of oxime groups is 1. The molecule has 2 rings (SSSR count). The lowest BCUT2D eigenvalue weighted by atomic mass is 10.1. The first-order chi connectivity index (χ1) is 8.76. The number of hydrogen-bond donors (Lipinski definition) is 1. The molecule has 8 heteroatoms. The minimum atomic E-state index is 0.221. The highest BCUT2D eigenvalue weighted by molar-refractivity contribution is 5.85. The fourth-order valence-electron chi connectivity index (χ4n) is 1.72. The zero-order chi connectivity index (χ0) is 13.0. The molecular formula is C10H15N5O3. The Balaban J connectivity index is 2.18. The second-order valence-electron chi connectivity index (χ2n) is 3.76. The molecule has 18 heavy (non-hydrogen) atoms. The SMILES string of the molecule is COc1nc(OC)nc(N2CCC(=NO)CC2)n1. The minimum absolute atomic E-state index is 0.221. The fourth-order valence-corrected chi connectivity index (χ4v) is 1.72. The van der Waals surface area contributed by atoms with Crippen LogP contribution in [0.5, 0.6) is 12.0 Å². The van der Waals surface area contributed by atoms with E-state index in [4.69, 9.17) is 14.7 Å². The van der Waals surface area contributed by atoms with E-state index in [0.717, 1.165) is 5.71 Å². The first-order valence-corrected chi connectivity index (χ1v) is 5.55. The van der Waals surface area contributed by atoms with Crippen molar-refractivity contribution in [2.45, 2.75) is 12.8 Å². The third kappa shape index (κ3) is 2.58. The lowest BCUT2D eigenvalue weighted by Gasteiger charge is -2.27. The van der Waals surface area contributed by atoms with Gasteiger partial charge in [0, 0.05) is 25.9 Å². The van der Waals surface area contributed by atoms with Gasteiger partial charge < -0.3 is 19.6 Å². The van der Waals surface area contributed by atoms with Crippen molar-refractivity contribution < 1.29 is 14.7 Å². The van der Waals surface area contributed by atoms with Gasteiger partial charge in [-0.3, -0.25) is 0 Å². The van der Waals surface area contributed by atoms with E-state index >= 15 is 0 Å². The molecule has 8 nitrogen and oxygen atoms in total. The van der Waals surface area contributed by atoms with Crippen LogP contribution in [0.3, 0.4) is 0 Å². The standard InChI is InChI=1S/C10H15N5O3/c1-17-9-11-8(12-10(13-9)18-2)15-5-3-7(14-16)4-6-15/h16H,3-6H2,1-2H3. The number of nitrogens with zero attached hydrogens (tertiary/aromatic N) is 5. The summed E-state index contributed by atoms with van der Waals surface area (Å²) in [6.07, 6.45) is 1.37. The van der Waals surface area contributed by atoms with Gasteiger partial charge in [-0.05, 0) is 0 Å². The van der Waals surface area contributed by atoms with Gasteiger partial charge in [0.25, 0.3) is 0 Å². The van der Waals surface area contributed by atoms with Gasteiger partial charge in [0.1, 0.15) is 0 Å². The van der Waals surface area contributed by atoms with E-state index in [1.54, 1.807) is 0 Å². The number of hydrogen-bond acceptors (Lipinski definition) is 8. The Labute approximate surface area is 104 Å². The molecule has 0 atom stereocenters. The van der Waals surface area contributed by atoms with E-state index < -0.39 is 0 Å². The van der Waals surface area contributed by atoms with Crippen molar-refractivity contribution in [3.05, 3.63) is 0 Å². The zero-order valence-electron chi connectivity index (χ0n) is 10.3. The molecule has 1 N–H and O–H groups in total. The molecular weight excluding hydrogens is 238 g/mol. The van der Waals surface area contributed by atoms with Gasteiger partial charge in [0.2, 0.25) is 5.95 Å². The third-order valence-corrected chi connectivity index (χ3v) is 2.71. The Morgan fingerprint density at radius 2 is 1.61 bits per heavy atom. The van der Waals surface area contributed by atoms with Crippen LogP contribution in [0.25, 0.3) is 0 Å². The summed E-state index contributed by atoms with van der Waals surface area (Å²) < 4.78 is 10.00. The highest BCUT2D eigenvalue weighted by Crippen LogP contribution is 2.19. The fraction of sp³-hybridized carbons (Fsp3) is 0.600. The predicted octanol–water partition coefficient (Wildman–Crippen LogP) is 0.319. The Morgan fingerprint density at radius 3 is 2.06 bits per heavy atom. The summed E-state index contributed by atoms with van der Waals surface area (Å²) in [5.74, 6) is 0.510. The molecule has 0 spiro atoms. The van der Waals surface area contributed by atoms with Gasteiger partial charge in [-0.2, -0.15) is 9.97 Å². The molecule has 1 aromatic rings. The van der Waals surface area contributed by atoms with Crippen molar-refractivity contribution in [2.75, 3.05) is 32.2 Å². The monoisotopic (exact) mass is 253 g/mol. The van der Waals surface area contributed by atoms with Crippen LogP contribution in [0.2, 0.25) is 0 Å². The maximum absolute atomic E-state index is 8.70. The van der Waals surface area contributed by atoms with Crippen molar-refractivity contribution in [1.82, 2.24) is 15.0 Å². The highest BCUT2D eigenvalue weighted by Gasteiger charge is 2.19. The van der Waals surface area contributed by atoms with Crippen LogP contribution in [-0.4, -0.2) is 53.2 Å². The van der Waals surface area contributed by atoms with Gasteiger partial charge in [-0.25, -0.2) is 0 Å². The van der Waals surface area contributed by atoms with E-state index in [1.165, 1.54) is 14.2 Å². The molecule has 2 heterocycles. The van der Waals surface area contributed by atoms with Crippen molar-refractivity contribution in [3.63, 3.8) is 0 Å². The van der Waals surface area contributed by atoms with Crippen molar-refractivity contribution in [1.29, 1.82) is 0 Å². The summed E-state index contributed by atoms with van der Waals surface area (Å²) in [5.41, 5.74) is 0.791. The molecule has 0 bridgehead atoms. The Kier molecular flexibility index (Phi) is 3.75. The lowest BCUT2D eigenvalue weighted by Crippen LogP contribution is -2.35. The Hall–Kier alpha value is -2.12. The van der Waals surface area contributed by atoms with E-state index in [-0.39, 0.29) is 12.0 Å². The first kappa shape index (κ1) is 12.3. The number of piperidine rings is 1. The number of anilines is 1. The van der Waals surface area contributed by atoms with Crippen LogP contribution in [0.1, 0.15) is 12.8 Å². The van der Waals surface area contributed by atoms with E-state index in [0.29, 0.717) is 31.9 Å². The molecule has 98 valence electrons. The summed E-state index contributed by atoms with van der Waals surface area (Å²) in [6, 6.07) is 0.442. The second kappa shape index (κ2) is 5.48.